The lowest BCUT2D eigenvalue weighted by atomic mass is 9.84. The summed E-state index contributed by atoms with van der Waals surface area (Å²) in [4.78, 5) is 19.8. The highest BCUT2D eigenvalue weighted by molar-refractivity contribution is 7.09. The van der Waals surface area contributed by atoms with Gasteiger partial charge in [0.05, 0.1) is 12.0 Å². The molecule has 1 aliphatic rings. The Kier molecular flexibility index (Phi) is 5.83. The Morgan fingerprint density at radius 3 is 2.64 bits per heavy atom. The Balaban J connectivity index is 1.91. The van der Waals surface area contributed by atoms with Crippen molar-refractivity contribution in [1.29, 1.82) is 0 Å². The molecule has 0 spiro atoms. The maximum atomic E-state index is 12.5. The van der Waals surface area contributed by atoms with E-state index in [0.29, 0.717) is 6.54 Å². The summed E-state index contributed by atoms with van der Waals surface area (Å²) in [5.74, 6) is 0.984. The second-order valence-electron chi connectivity index (χ2n) is 6.05. The van der Waals surface area contributed by atoms with Gasteiger partial charge in [0.15, 0.2) is 5.96 Å². The number of rotatable bonds is 5. The largest absolute Gasteiger partial charge is 0.355 e. The van der Waals surface area contributed by atoms with Gasteiger partial charge in [0.2, 0.25) is 5.91 Å². The SMILES string of the molecule is CN=C(NCc1cccs1)NCC1(C(=O)N(C)C)CCCC1. The minimum Gasteiger partial charge on any atom is -0.355 e. The topological polar surface area (TPSA) is 56.7 Å². The Hall–Kier alpha value is -1.56. The zero-order valence-corrected chi connectivity index (χ0v) is 14.5. The molecule has 0 bridgehead atoms. The maximum Gasteiger partial charge on any atom is 0.230 e. The molecule has 0 unspecified atom stereocenters. The summed E-state index contributed by atoms with van der Waals surface area (Å²) in [6.07, 6.45) is 4.17. The first-order chi connectivity index (χ1) is 10.6. The van der Waals surface area contributed by atoms with Crippen LogP contribution in [0.5, 0.6) is 0 Å². The van der Waals surface area contributed by atoms with Crippen LogP contribution in [0.2, 0.25) is 0 Å². The lowest BCUT2D eigenvalue weighted by molar-refractivity contribution is -0.138. The third kappa shape index (κ3) is 4.00. The van der Waals surface area contributed by atoms with E-state index in [1.165, 1.54) is 4.88 Å². The summed E-state index contributed by atoms with van der Waals surface area (Å²) in [7, 11) is 5.44. The zero-order valence-electron chi connectivity index (χ0n) is 13.7. The second-order valence-corrected chi connectivity index (χ2v) is 7.08. The van der Waals surface area contributed by atoms with Crippen LogP contribution in [-0.4, -0.2) is 44.5 Å². The fraction of sp³-hybridized carbons (Fsp3) is 0.625. The average Bonchev–Trinajstić information content (AvgIpc) is 3.18. The van der Waals surface area contributed by atoms with Crippen LogP contribution in [0.1, 0.15) is 30.6 Å². The third-order valence-corrected chi connectivity index (χ3v) is 5.12. The van der Waals surface area contributed by atoms with Gasteiger partial charge in [-0.1, -0.05) is 18.9 Å². The van der Waals surface area contributed by atoms with Crippen LogP contribution in [0, 0.1) is 5.41 Å². The molecule has 1 amide bonds. The summed E-state index contributed by atoms with van der Waals surface area (Å²) < 4.78 is 0. The van der Waals surface area contributed by atoms with Gasteiger partial charge < -0.3 is 15.5 Å². The number of nitrogens with one attached hydrogen (secondary N) is 2. The molecule has 1 heterocycles. The van der Waals surface area contributed by atoms with Gasteiger partial charge in [-0.25, -0.2) is 0 Å². The molecule has 0 atom stereocenters. The number of nitrogens with zero attached hydrogens (tertiary/aromatic N) is 2. The molecule has 1 saturated carbocycles. The van der Waals surface area contributed by atoms with Crippen LogP contribution >= 0.6 is 11.3 Å². The molecule has 1 aromatic rings. The summed E-state index contributed by atoms with van der Waals surface area (Å²) in [5.41, 5.74) is -0.274. The van der Waals surface area contributed by atoms with Gasteiger partial charge in [0, 0.05) is 32.6 Å². The van der Waals surface area contributed by atoms with Gasteiger partial charge in [-0.05, 0) is 24.3 Å². The van der Waals surface area contributed by atoms with Gasteiger partial charge in [-0.3, -0.25) is 9.79 Å². The van der Waals surface area contributed by atoms with Crippen LogP contribution in [0.3, 0.4) is 0 Å². The number of amides is 1. The first-order valence-corrected chi connectivity index (χ1v) is 8.64. The number of carbonyl (C=O) groups excluding carboxylic acids is 1. The first kappa shape index (κ1) is 16.8. The molecular weight excluding hydrogens is 296 g/mol. The Labute approximate surface area is 136 Å². The molecule has 0 aromatic carbocycles. The average molecular weight is 322 g/mol. The van der Waals surface area contributed by atoms with Crippen LogP contribution in [0.25, 0.3) is 0 Å². The molecule has 22 heavy (non-hydrogen) atoms. The van der Waals surface area contributed by atoms with Crippen molar-refractivity contribution >= 4 is 23.2 Å². The molecule has 0 aliphatic heterocycles. The molecule has 0 radical (unpaired) electrons. The molecule has 1 aromatic heterocycles. The highest BCUT2D eigenvalue weighted by Crippen LogP contribution is 2.38. The Bertz CT molecular complexity index is 504. The van der Waals surface area contributed by atoms with Gasteiger partial charge in [-0.2, -0.15) is 0 Å². The van der Waals surface area contributed by atoms with E-state index in [1.54, 1.807) is 23.3 Å². The number of aliphatic imine (C=N–C) groups is 1. The number of carbonyl (C=O) groups is 1. The van der Waals surface area contributed by atoms with E-state index >= 15 is 0 Å². The fourth-order valence-electron chi connectivity index (χ4n) is 3.05. The summed E-state index contributed by atoms with van der Waals surface area (Å²) in [6.45, 7) is 1.40. The highest BCUT2D eigenvalue weighted by Gasteiger charge is 2.42. The van der Waals surface area contributed by atoms with E-state index in [1.807, 2.05) is 20.2 Å². The van der Waals surface area contributed by atoms with E-state index in [0.717, 1.165) is 38.2 Å². The molecule has 6 heteroatoms. The molecule has 1 fully saturated rings. The summed E-state index contributed by atoms with van der Waals surface area (Å²) >= 11 is 1.72. The number of guanidine groups is 1. The van der Waals surface area contributed by atoms with Crippen molar-refractivity contribution in [1.82, 2.24) is 15.5 Å². The number of thiophene rings is 1. The van der Waals surface area contributed by atoms with Crippen LogP contribution in [-0.2, 0) is 11.3 Å². The Morgan fingerprint density at radius 2 is 2.09 bits per heavy atom. The first-order valence-electron chi connectivity index (χ1n) is 7.76. The fourth-order valence-corrected chi connectivity index (χ4v) is 3.69. The zero-order chi connectivity index (χ0) is 16.0. The molecule has 122 valence electrons. The quantitative estimate of drug-likeness (QED) is 0.644. The number of hydrogen-bond acceptors (Lipinski definition) is 3. The molecule has 0 saturated heterocycles. The monoisotopic (exact) mass is 322 g/mol. The van der Waals surface area contributed by atoms with Crippen molar-refractivity contribution in [2.45, 2.75) is 32.2 Å². The van der Waals surface area contributed by atoms with E-state index in [9.17, 15) is 4.79 Å². The van der Waals surface area contributed by atoms with E-state index in [4.69, 9.17) is 0 Å². The summed E-state index contributed by atoms with van der Waals surface area (Å²) in [5, 5.41) is 8.72. The van der Waals surface area contributed by atoms with Gasteiger partial charge in [-0.15, -0.1) is 11.3 Å². The minimum absolute atomic E-state index is 0.228. The van der Waals surface area contributed by atoms with E-state index < -0.39 is 0 Å². The normalized spacial score (nSPS) is 17.3. The van der Waals surface area contributed by atoms with Gasteiger partial charge in [0.25, 0.3) is 0 Å². The van der Waals surface area contributed by atoms with Crippen LogP contribution in [0.15, 0.2) is 22.5 Å². The van der Waals surface area contributed by atoms with Crippen molar-refractivity contribution in [3.8, 4) is 0 Å². The molecule has 2 N–H and O–H groups in total. The van der Waals surface area contributed by atoms with Crippen molar-refractivity contribution < 1.29 is 4.79 Å². The van der Waals surface area contributed by atoms with Gasteiger partial charge >= 0.3 is 0 Å². The van der Waals surface area contributed by atoms with E-state index in [-0.39, 0.29) is 11.3 Å². The molecule has 5 nitrogen and oxygen atoms in total. The minimum atomic E-state index is -0.274. The molecule has 1 aliphatic carbocycles. The van der Waals surface area contributed by atoms with Crippen molar-refractivity contribution in [2.24, 2.45) is 10.4 Å². The molecular formula is C16H26N4OS. The second kappa shape index (κ2) is 7.63. The predicted octanol–water partition coefficient (Wildman–Crippen LogP) is 2.06. The maximum absolute atomic E-state index is 12.5. The van der Waals surface area contributed by atoms with Crippen molar-refractivity contribution in [2.75, 3.05) is 27.7 Å². The van der Waals surface area contributed by atoms with Crippen molar-refractivity contribution in [3.05, 3.63) is 22.4 Å². The lowest BCUT2D eigenvalue weighted by Crippen LogP contribution is -2.49. The lowest BCUT2D eigenvalue weighted by Gasteiger charge is -2.31. The van der Waals surface area contributed by atoms with E-state index in [2.05, 4.69) is 27.1 Å². The standard InChI is InChI=1S/C16H26N4OS/c1-17-15(18-11-13-7-6-10-22-13)19-12-16(8-4-5-9-16)14(21)20(2)3/h6-7,10H,4-5,8-9,11-12H2,1-3H3,(H2,17,18,19). The van der Waals surface area contributed by atoms with Gasteiger partial charge in [0.1, 0.15) is 0 Å². The van der Waals surface area contributed by atoms with Crippen LogP contribution < -0.4 is 10.6 Å². The smallest absolute Gasteiger partial charge is 0.230 e. The third-order valence-electron chi connectivity index (χ3n) is 4.25. The Morgan fingerprint density at radius 1 is 1.36 bits per heavy atom. The highest BCUT2D eigenvalue weighted by atomic mass is 32.1. The number of hydrogen-bond donors (Lipinski definition) is 2. The van der Waals surface area contributed by atoms with Crippen molar-refractivity contribution in [3.63, 3.8) is 0 Å². The molecule has 2 rings (SSSR count). The summed E-state index contributed by atoms with van der Waals surface area (Å²) in [6, 6.07) is 4.14. The van der Waals surface area contributed by atoms with Crippen LogP contribution in [0.4, 0.5) is 0 Å². The predicted molar refractivity (Wildman–Crippen MR) is 92.1 cm³/mol.